The van der Waals surface area contributed by atoms with Gasteiger partial charge in [0.25, 0.3) is 0 Å². The van der Waals surface area contributed by atoms with Crippen LogP contribution in [0.2, 0.25) is 0 Å². The van der Waals surface area contributed by atoms with Gasteiger partial charge in [-0.15, -0.1) is 0 Å². The lowest BCUT2D eigenvalue weighted by Crippen LogP contribution is -2.22. The number of aliphatic hydroxyl groups is 1. The van der Waals surface area contributed by atoms with Crippen molar-refractivity contribution in [2.45, 2.75) is 51.8 Å². The largest absolute Gasteiger partial charge is 0.393 e. The summed E-state index contributed by atoms with van der Waals surface area (Å²) >= 11 is 0. The number of hydrogen-bond donors (Lipinski definition) is 2. The van der Waals surface area contributed by atoms with Gasteiger partial charge in [0.05, 0.1) is 18.1 Å². The molecule has 96 valence electrons. The number of aliphatic hydroxyl groups excluding tert-OH is 1. The third-order valence-electron chi connectivity index (χ3n) is 3.52. The van der Waals surface area contributed by atoms with Crippen LogP contribution in [0, 0.1) is 5.92 Å². The first-order valence-electron chi connectivity index (χ1n) is 6.67. The number of nitrogens with zero attached hydrogens (tertiary/aromatic N) is 2. The highest BCUT2D eigenvalue weighted by Gasteiger charge is 2.22. The predicted molar refractivity (Wildman–Crippen MR) is 67.6 cm³/mol. The van der Waals surface area contributed by atoms with Gasteiger partial charge in [-0.1, -0.05) is 6.92 Å². The molecule has 1 aromatic rings. The maximum atomic E-state index is 9.46. The van der Waals surface area contributed by atoms with Gasteiger partial charge in [0.15, 0.2) is 0 Å². The number of aromatic nitrogens is 2. The minimum Gasteiger partial charge on any atom is -0.393 e. The van der Waals surface area contributed by atoms with Crippen molar-refractivity contribution in [3.63, 3.8) is 0 Å². The van der Waals surface area contributed by atoms with Crippen LogP contribution in [0.5, 0.6) is 0 Å². The number of hydrogen-bond acceptors (Lipinski definition) is 3. The van der Waals surface area contributed by atoms with Crippen LogP contribution in [0.1, 0.15) is 38.3 Å². The fraction of sp³-hybridized carbons (Fsp3) is 0.769. The molecule has 0 amide bonds. The monoisotopic (exact) mass is 237 g/mol. The topological polar surface area (TPSA) is 50.1 Å². The Morgan fingerprint density at radius 3 is 3.12 bits per heavy atom. The lowest BCUT2D eigenvalue weighted by molar-refractivity contribution is 0.177. The van der Waals surface area contributed by atoms with Crippen molar-refractivity contribution < 1.29 is 5.11 Å². The van der Waals surface area contributed by atoms with Crippen LogP contribution in [0.3, 0.4) is 0 Å². The molecule has 2 atom stereocenters. The molecule has 4 heteroatoms. The lowest BCUT2D eigenvalue weighted by Gasteiger charge is -2.12. The molecule has 1 saturated carbocycles. The summed E-state index contributed by atoms with van der Waals surface area (Å²) in [6.07, 6.45) is 8.00. The van der Waals surface area contributed by atoms with Crippen LogP contribution in [0.4, 0.5) is 0 Å². The van der Waals surface area contributed by atoms with E-state index >= 15 is 0 Å². The highest BCUT2D eigenvalue weighted by atomic mass is 16.3. The van der Waals surface area contributed by atoms with Crippen LogP contribution in [-0.2, 0) is 13.1 Å². The molecule has 1 aliphatic carbocycles. The van der Waals surface area contributed by atoms with Gasteiger partial charge in [-0.2, -0.15) is 0 Å². The molecule has 2 unspecified atom stereocenters. The summed E-state index contributed by atoms with van der Waals surface area (Å²) in [5.74, 6) is 0.646. The quantitative estimate of drug-likeness (QED) is 0.789. The van der Waals surface area contributed by atoms with Crippen molar-refractivity contribution >= 4 is 0 Å². The van der Waals surface area contributed by atoms with E-state index in [1.54, 1.807) is 0 Å². The van der Waals surface area contributed by atoms with Gasteiger partial charge in [0, 0.05) is 19.3 Å². The fourth-order valence-corrected chi connectivity index (χ4v) is 2.58. The summed E-state index contributed by atoms with van der Waals surface area (Å²) in [5, 5.41) is 12.9. The van der Waals surface area contributed by atoms with Crippen molar-refractivity contribution in [3.05, 3.63) is 18.2 Å². The standard InChI is InChI=1S/C13H23N3O/c1-2-5-16-10-15-9-12(16)8-14-7-11-3-4-13(17)6-11/h9-11,13-14,17H,2-8H2,1H3. The van der Waals surface area contributed by atoms with Crippen LogP contribution < -0.4 is 5.32 Å². The van der Waals surface area contributed by atoms with Crippen LogP contribution in [0.15, 0.2) is 12.5 Å². The SMILES string of the molecule is CCCn1cncc1CNCC1CCC(O)C1. The van der Waals surface area contributed by atoms with Gasteiger partial charge >= 0.3 is 0 Å². The lowest BCUT2D eigenvalue weighted by atomic mass is 10.1. The molecule has 0 aromatic carbocycles. The van der Waals surface area contributed by atoms with E-state index in [0.717, 1.165) is 45.3 Å². The molecule has 1 aliphatic rings. The Morgan fingerprint density at radius 2 is 2.41 bits per heavy atom. The van der Waals surface area contributed by atoms with E-state index in [1.165, 1.54) is 5.69 Å². The highest BCUT2D eigenvalue weighted by Crippen LogP contribution is 2.24. The van der Waals surface area contributed by atoms with Gasteiger partial charge in [-0.05, 0) is 38.1 Å². The Labute approximate surface area is 103 Å². The van der Waals surface area contributed by atoms with Crippen LogP contribution in [-0.4, -0.2) is 27.3 Å². The number of rotatable bonds is 6. The first kappa shape index (κ1) is 12.6. The summed E-state index contributed by atoms with van der Waals surface area (Å²) < 4.78 is 2.20. The van der Waals surface area contributed by atoms with Crippen molar-refractivity contribution in [3.8, 4) is 0 Å². The first-order chi connectivity index (χ1) is 8.29. The van der Waals surface area contributed by atoms with Gasteiger partial charge in [0.2, 0.25) is 0 Å². The Kier molecular flexibility index (Phi) is 4.57. The second kappa shape index (κ2) is 6.17. The molecule has 0 spiro atoms. The third-order valence-corrected chi connectivity index (χ3v) is 3.52. The van der Waals surface area contributed by atoms with Crippen molar-refractivity contribution in [2.75, 3.05) is 6.54 Å². The molecule has 0 bridgehead atoms. The molecule has 1 aromatic heterocycles. The summed E-state index contributed by atoms with van der Waals surface area (Å²) in [5.41, 5.74) is 1.25. The van der Waals surface area contributed by atoms with E-state index in [4.69, 9.17) is 0 Å². The summed E-state index contributed by atoms with van der Waals surface area (Å²) in [4.78, 5) is 4.19. The molecule has 4 nitrogen and oxygen atoms in total. The average Bonchev–Trinajstić information content (AvgIpc) is 2.90. The van der Waals surface area contributed by atoms with Crippen molar-refractivity contribution in [1.29, 1.82) is 0 Å². The summed E-state index contributed by atoms with van der Waals surface area (Å²) in [7, 11) is 0. The highest BCUT2D eigenvalue weighted by molar-refractivity contribution is 4.97. The number of nitrogens with one attached hydrogen (secondary N) is 1. The minimum atomic E-state index is -0.0626. The van der Waals surface area contributed by atoms with Gasteiger partial charge < -0.3 is 15.0 Å². The minimum absolute atomic E-state index is 0.0626. The molecular weight excluding hydrogens is 214 g/mol. The Bertz CT molecular complexity index is 337. The van der Waals surface area contributed by atoms with Crippen LogP contribution >= 0.6 is 0 Å². The van der Waals surface area contributed by atoms with E-state index in [1.807, 2.05) is 12.5 Å². The molecule has 0 aliphatic heterocycles. The maximum Gasteiger partial charge on any atom is 0.0948 e. The Morgan fingerprint density at radius 1 is 1.53 bits per heavy atom. The molecular formula is C13H23N3O. The number of aryl methyl sites for hydroxylation is 1. The third kappa shape index (κ3) is 3.54. The van der Waals surface area contributed by atoms with E-state index < -0.39 is 0 Å². The molecule has 17 heavy (non-hydrogen) atoms. The normalized spacial score (nSPS) is 24.4. The molecule has 1 heterocycles. The Balaban J connectivity index is 1.72. The van der Waals surface area contributed by atoms with E-state index in [-0.39, 0.29) is 6.10 Å². The molecule has 0 saturated heterocycles. The number of imidazole rings is 1. The Hall–Kier alpha value is -0.870. The second-order valence-electron chi connectivity index (χ2n) is 5.04. The fourth-order valence-electron chi connectivity index (χ4n) is 2.58. The molecule has 2 rings (SSSR count). The van der Waals surface area contributed by atoms with E-state index in [0.29, 0.717) is 5.92 Å². The predicted octanol–water partition coefficient (Wildman–Crippen LogP) is 1.54. The second-order valence-corrected chi connectivity index (χ2v) is 5.04. The molecule has 2 N–H and O–H groups in total. The molecule has 1 fully saturated rings. The first-order valence-corrected chi connectivity index (χ1v) is 6.67. The smallest absolute Gasteiger partial charge is 0.0948 e. The molecule has 0 radical (unpaired) electrons. The van der Waals surface area contributed by atoms with Gasteiger partial charge in [-0.25, -0.2) is 4.98 Å². The zero-order valence-electron chi connectivity index (χ0n) is 10.6. The average molecular weight is 237 g/mol. The maximum absolute atomic E-state index is 9.46. The van der Waals surface area contributed by atoms with E-state index in [2.05, 4.69) is 21.8 Å². The summed E-state index contributed by atoms with van der Waals surface area (Å²) in [6.45, 7) is 5.11. The zero-order chi connectivity index (χ0) is 12.1. The van der Waals surface area contributed by atoms with Crippen molar-refractivity contribution in [2.24, 2.45) is 5.92 Å². The van der Waals surface area contributed by atoms with Gasteiger partial charge in [-0.3, -0.25) is 0 Å². The summed E-state index contributed by atoms with van der Waals surface area (Å²) in [6, 6.07) is 0. The van der Waals surface area contributed by atoms with Crippen LogP contribution in [0.25, 0.3) is 0 Å². The van der Waals surface area contributed by atoms with Gasteiger partial charge in [0.1, 0.15) is 0 Å². The zero-order valence-corrected chi connectivity index (χ0v) is 10.6. The van der Waals surface area contributed by atoms with Crippen molar-refractivity contribution in [1.82, 2.24) is 14.9 Å². The van der Waals surface area contributed by atoms with E-state index in [9.17, 15) is 5.11 Å².